The summed E-state index contributed by atoms with van der Waals surface area (Å²) in [6, 6.07) is 7.65. The van der Waals surface area contributed by atoms with Crippen molar-refractivity contribution in [2.24, 2.45) is 11.7 Å². The average molecular weight is 331 g/mol. The maximum Gasteiger partial charge on any atom is 0.224 e. The number of halogens is 1. The molecule has 0 saturated heterocycles. The van der Waals surface area contributed by atoms with Gasteiger partial charge in [0.2, 0.25) is 5.91 Å². The first-order chi connectivity index (χ1) is 10.0. The van der Waals surface area contributed by atoms with Crippen LogP contribution in [0.4, 0.5) is 0 Å². The third-order valence-corrected chi connectivity index (χ3v) is 3.39. The summed E-state index contributed by atoms with van der Waals surface area (Å²) in [5, 5.41) is 2.86. The maximum absolute atomic E-state index is 11.7. The van der Waals surface area contributed by atoms with Gasteiger partial charge in [0.1, 0.15) is 5.75 Å². The fourth-order valence-electron chi connectivity index (χ4n) is 1.70. The average Bonchev–Trinajstić information content (AvgIpc) is 2.50. The third kappa shape index (κ3) is 7.64. The van der Waals surface area contributed by atoms with Crippen molar-refractivity contribution in [2.45, 2.75) is 32.9 Å². The van der Waals surface area contributed by atoms with Gasteiger partial charge in [-0.05, 0) is 31.0 Å². The molecule has 0 bridgehead atoms. The molecule has 0 aliphatic carbocycles. The lowest BCUT2D eigenvalue weighted by atomic mass is 10.0. The molecule has 5 nitrogen and oxygen atoms in total. The summed E-state index contributed by atoms with van der Waals surface area (Å²) in [7, 11) is 1.64. The van der Waals surface area contributed by atoms with Crippen LogP contribution in [0.15, 0.2) is 24.3 Å². The molecule has 1 aromatic carbocycles. The lowest BCUT2D eigenvalue weighted by Gasteiger charge is -2.15. The largest absolute Gasteiger partial charge is 0.497 e. The second-order valence-corrected chi connectivity index (χ2v) is 5.19. The second kappa shape index (κ2) is 11.3. The Kier molecular flexibility index (Phi) is 10.6. The Labute approximate surface area is 139 Å². The van der Waals surface area contributed by atoms with E-state index in [0.717, 1.165) is 17.7 Å². The monoisotopic (exact) mass is 330 g/mol. The molecular formula is C16H27ClN2O3. The topological polar surface area (TPSA) is 73.6 Å². The Bertz CT molecular complexity index is 424. The number of nitrogens with two attached hydrogens (primary N) is 1. The molecule has 3 N–H and O–H groups in total. The minimum Gasteiger partial charge on any atom is -0.497 e. The van der Waals surface area contributed by atoms with Crippen molar-refractivity contribution in [3.63, 3.8) is 0 Å². The summed E-state index contributed by atoms with van der Waals surface area (Å²) in [6.07, 6.45) is 0.785. The lowest BCUT2D eigenvalue weighted by Crippen LogP contribution is -2.39. The summed E-state index contributed by atoms with van der Waals surface area (Å²) in [5.74, 6) is 0.676. The zero-order chi connectivity index (χ0) is 15.7. The number of hydrogen-bond donors (Lipinski definition) is 2. The number of carbonyl (C=O) groups is 1. The quantitative estimate of drug-likeness (QED) is 0.680. The maximum atomic E-state index is 11.7. The van der Waals surface area contributed by atoms with Crippen LogP contribution in [0, 0.1) is 5.92 Å². The fraction of sp³-hybridized carbons (Fsp3) is 0.562. The van der Waals surface area contributed by atoms with Crippen molar-refractivity contribution in [3.05, 3.63) is 29.8 Å². The molecular weight excluding hydrogens is 304 g/mol. The summed E-state index contributed by atoms with van der Waals surface area (Å²) in [5.41, 5.74) is 6.78. The number of hydrogen-bond acceptors (Lipinski definition) is 4. The van der Waals surface area contributed by atoms with Crippen LogP contribution in [0.3, 0.4) is 0 Å². The van der Waals surface area contributed by atoms with Gasteiger partial charge in [0.15, 0.2) is 0 Å². The van der Waals surface area contributed by atoms with E-state index in [2.05, 4.69) is 5.32 Å². The van der Waals surface area contributed by atoms with E-state index in [0.29, 0.717) is 19.8 Å². The van der Waals surface area contributed by atoms with Gasteiger partial charge in [-0.1, -0.05) is 19.1 Å². The van der Waals surface area contributed by atoms with Crippen molar-refractivity contribution in [3.8, 4) is 5.75 Å². The molecule has 126 valence electrons. The van der Waals surface area contributed by atoms with E-state index < -0.39 is 0 Å². The highest BCUT2D eigenvalue weighted by molar-refractivity contribution is 5.85. The molecule has 6 heteroatoms. The highest BCUT2D eigenvalue weighted by atomic mass is 35.5. The number of amides is 1. The molecule has 0 radical (unpaired) electrons. The number of methoxy groups -OCH3 is 1. The fourth-order valence-corrected chi connectivity index (χ4v) is 1.70. The van der Waals surface area contributed by atoms with Crippen LogP contribution in [0.1, 0.15) is 25.8 Å². The highest BCUT2D eigenvalue weighted by Crippen LogP contribution is 2.11. The molecule has 0 aromatic heterocycles. The van der Waals surface area contributed by atoms with Crippen LogP contribution < -0.4 is 15.8 Å². The Morgan fingerprint density at radius 1 is 1.27 bits per heavy atom. The Morgan fingerprint density at radius 2 is 1.91 bits per heavy atom. The van der Waals surface area contributed by atoms with Crippen molar-refractivity contribution in [1.29, 1.82) is 0 Å². The van der Waals surface area contributed by atoms with E-state index in [1.165, 1.54) is 0 Å². The van der Waals surface area contributed by atoms with Gasteiger partial charge >= 0.3 is 0 Å². The summed E-state index contributed by atoms with van der Waals surface area (Å²) in [6.45, 7) is 5.45. The van der Waals surface area contributed by atoms with Gasteiger partial charge in [-0.2, -0.15) is 0 Å². The first-order valence-electron chi connectivity index (χ1n) is 7.28. The Hall–Kier alpha value is -1.30. The molecule has 0 saturated carbocycles. The number of carbonyl (C=O) groups excluding carboxylic acids is 1. The van der Waals surface area contributed by atoms with Gasteiger partial charge in [0, 0.05) is 25.1 Å². The predicted octanol–water partition coefficient (Wildman–Crippen LogP) is 2.12. The zero-order valence-corrected chi connectivity index (χ0v) is 14.3. The van der Waals surface area contributed by atoms with Crippen LogP contribution >= 0.6 is 12.4 Å². The molecule has 1 amide bonds. The lowest BCUT2D eigenvalue weighted by molar-refractivity contribution is -0.124. The zero-order valence-electron chi connectivity index (χ0n) is 13.5. The molecule has 0 aliphatic rings. The van der Waals surface area contributed by atoms with Gasteiger partial charge in [-0.25, -0.2) is 0 Å². The van der Waals surface area contributed by atoms with E-state index in [-0.39, 0.29) is 30.3 Å². The molecule has 1 aromatic rings. The summed E-state index contributed by atoms with van der Waals surface area (Å²) in [4.78, 5) is 11.7. The van der Waals surface area contributed by atoms with E-state index >= 15 is 0 Å². The van der Waals surface area contributed by atoms with Crippen LogP contribution in [0.2, 0.25) is 0 Å². The molecule has 0 fully saturated rings. The summed E-state index contributed by atoms with van der Waals surface area (Å²) >= 11 is 0. The van der Waals surface area contributed by atoms with Gasteiger partial charge in [-0.3, -0.25) is 4.79 Å². The minimum atomic E-state index is -0.162. The Morgan fingerprint density at radius 3 is 2.45 bits per heavy atom. The Balaban J connectivity index is 0.00000441. The van der Waals surface area contributed by atoms with E-state index in [1.54, 1.807) is 7.11 Å². The third-order valence-electron chi connectivity index (χ3n) is 3.39. The number of ether oxygens (including phenoxy) is 2. The highest BCUT2D eigenvalue weighted by Gasteiger charge is 2.15. The molecule has 1 rings (SSSR count). The standard InChI is InChI=1S/C16H26N2O3.ClH/c1-12(13(2)17)16(19)18-9-4-10-21-11-14-5-7-15(20-3)8-6-14;/h5-8,12-13H,4,9-11,17H2,1-3H3,(H,18,19);1H. The smallest absolute Gasteiger partial charge is 0.224 e. The van der Waals surface area contributed by atoms with Gasteiger partial charge in [0.05, 0.1) is 13.7 Å². The van der Waals surface area contributed by atoms with Gasteiger partial charge in [-0.15, -0.1) is 12.4 Å². The minimum absolute atomic E-state index is 0. The second-order valence-electron chi connectivity index (χ2n) is 5.19. The molecule has 22 heavy (non-hydrogen) atoms. The van der Waals surface area contributed by atoms with Crippen molar-refractivity contribution < 1.29 is 14.3 Å². The van der Waals surface area contributed by atoms with Crippen molar-refractivity contribution in [1.82, 2.24) is 5.32 Å². The van der Waals surface area contributed by atoms with Crippen LogP contribution in [-0.4, -0.2) is 32.2 Å². The van der Waals surface area contributed by atoms with E-state index in [1.807, 2.05) is 38.1 Å². The molecule has 0 heterocycles. The summed E-state index contributed by atoms with van der Waals surface area (Å²) < 4.78 is 10.7. The molecule has 0 spiro atoms. The number of benzene rings is 1. The van der Waals surface area contributed by atoms with E-state index in [4.69, 9.17) is 15.2 Å². The SMILES string of the molecule is COc1ccc(COCCCNC(=O)C(C)C(C)N)cc1.Cl. The normalized spacial score (nSPS) is 12.9. The first-order valence-corrected chi connectivity index (χ1v) is 7.28. The van der Waals surface area contributed by atoms with Crippen LogP contribution in [0.5, 0.6) is 5.75 Å². The van der Waals surface area contributed by atoms with Crippen molar-refractivity contribution in [2.75, 3.05) is 20.3 Å². The molecule has 2 unspecified atom stereocenters. The molecule has 2 atom stereocenters. The van der Waals surface area contributed by atoms with Crippen LogP contribution in [-0.2, 0) is 16.1 Å². The van der Waals surface area contributed by atoms with Crippen LogP contribution in [0.25, 0.3) is 0 Å². The number of nitrogens with one attached hydrogen (secondary N) is 1. The van der Waals surface area contributed by atoms with Crippen molar-refractivity contribution >= 4 is 18.3 Å². The number of rotatable bonds is 9. The van der Waals surface area contributed by atoms with E-state index in [9.17, 15) is 4.79 Å². The molecule has 0 aliphatic heterocycles. The van der Waals surface area contributed by atoms with Gasteiger partial charge in [0.25, 0.3) is 0 Å². The predicted molar refractivity (Wildman–Crippen MR) is 90.3 cm³/mol. The first kappa shape index (κ1) is 20.7. The van der Waals surface area contributed by atoms with Gasteiger partial charge < -0.3 is 20.5 Å².